The van der Waals surface area contributed by atoms with Crippen LogP contribution >= 0.6 is 0 Å². The minimum absolute atomic E-state index is 0.0971. The summed E-state index contributed by atoms with van der Waals surface area (Å²) < 4.78 is 31.2. The summed E-state index contributed by atoms with van der Waals surface area (Å²) >= 11 is 0. The summed E-state index contributed by atoms with van der Waals surface area (Å²) in [7, 11) is 1.27. The molecule has 1 N–H and O–H groups in total. The summed E-state index contributed by atoms with van der Waals surface area (Å²) in [5.41, 5.74) is 0.651. The van der Waals surface area contributed by atoms with Crippen molar-refractivity contribution in [2.75, 3.05) is 13.7 Å². The molecule has 0 saturated heterocycles. The molecule has 0 saturated carbocycles. The molecule has 0 amide bonds. The number of methoxy groups -OCH3 is 1. The summed E-state index contributed by atoms with van der Waals surface area (Å²) in [6, 6.07) is 2.74. The number of halogens is 2. The zero-order valence-corrected chi connectivity index (χ0v) is 8.55. The van der Waals surface area contributed by atoms with Crippen LogP contribution in [-0.2, 0) is 0 Å². The molecule has 1 rings (SSSR count). The molecule has 0 atom stereocenters. The molecule has 1 aromatic carbocycles. The van der Waals surface area contributed by atoms with E-state index in [-0.39, 0.29) is 17.9 Å². The second-order valence-electron chi connectivity index (χ2n) is 3.13. The smallest absolute Gasteiger partial charge is 0.201 e. The minimum Gasteiger partial charge on any atom is -0.494 e. The lowest BCUT2D eigenvalue weighted by Gasteiger charge is -2.05. The number of ether oxygens (including phenoxy) is 1. The third kappa shape index (κ3) is 2.53. The number of aliphatic hydroxyl groups is 1. The van der Waals surface area contributed by atoms with Gasteiger partial charge in [0.15, 0.2) is 11.6 Å². The molecule has 0 unspecified atom stereocenters. The highest BCUT2D eigenvalue weighted by Gasteiger charge is 2.12. The lowest BCUT2D eigenvalue weighted by Crippen LogP contribution is -1.95. The molecule has 0 aliphatic rings. The molecule has 0 spiro atoms. The summed E-state index contributed by atoms with van der Waals surface area (Å²) in [5, 5.41) is 8.75. The molecule has 15 heavy (non-hydrogen) atoms. The average molecular weight is 214 g/mol. The maximum absolute atomic E-state index is 13.4. The third-order valence-corrected chi connectivity index (χ3v) is 1.95. The normalized spacial score (nSPS) is 11.7. The molecule has 0 bridgehead atoms. The van der Waals surface area contributed by atoms with Crippen molar-refractivity contribution in [3.05, 3.63) is 34.9 Å². The Hall–Kier alpha value is -1.42. The van der Waals surface area contributed by atoms with E-state index in [0.717, 1.165) is 0 Å². The van der Waals surface area contributed by atoms with Crippen LogP contribution < -0.4 is 4.74 Å². The topological polar surface area (TPSA) is 29.5 Å². The molecule has 0 aliphatic carbocycles. The van der Waals surface area contributed by atoms with Gasteiger partial charge in [-0.05, 0) is 24.6 Å². The van der Waals surface area contributed by atoms with Gasteiger partial charge in [-0.15, -0.1) is 0 Å². The predicted molar refractivity (Wildman–Crippen MR) is 53.6 cm³/mol. The number of hydrogen-bond acceptors (Lipinski definition) is 2. The predicted octanol–water partition coefficient (Wildman–Crippen LogP) is 2.37. The van der Waals surface area contributed by atoms with Gasteiger partial charge in [-0.25, -0.2) is 4.39 Å². The van der Waals surface area contributed by atoms with Crippen LogP contribution in [0.3, 0.4) is 0 Å². The number of benzene rings is 1. The van der Waals surface area contributed by atoms with Gasteiger partial charge in [0.05, 0.1) is 13.7 Å². The largest absolute Gasteiger partial charge is 0.494 e. The van der Waals surface area contributed by atoms with Crippen molar-refractivity contribution >= 4 is 6.08 Å². The first-order valence-corrected chi connectivity index (χ1v) is 4.40. The Morgan fingerprint density at radius 1 is 1.40 bits per heavy atom. The van der Waals surface area contributed by atoms with Gasteiger partial charge in [0, 0.05) is 5.56 Å². The molecule has 0 aromatic heterocycles. The lowest BCUT2D eigenvalue weighted by atomic mass is 10.1. The summed E-state index contributed by atoms with van der Waals surface area (Å²) in [6.45, 7) is 1.44. The minimum atomic E-state index is -1.02. The second kappa shape index (κ2) is 4.89. The second-order valence-corrected chi connectivity index (χ2v) is 3.13. The van der Waals surface area contributed by atoms with Crippen molar-refractivity contribution in [2.24, 2.45) is 0 Å². The van der Waals surface area contributed by atoms with Gasteiger partial charge in [-0.2, -0.15) is 4.39 Å². The first-order chi connectivity index (χ1) is 7.10. The van der Waals surface area contributed by atoms with Crippen LogP contribution in [0.4, 0.5) is 8.78 Å². The van der Waals surface area contributed by atoms with E-state index in [2.05, 4.69) is 4.74 Å². The van der Waals surface area contributed by atoms with E-state index in [1.807, 2.05) is 0 Å². The van der Waals surface area contributed by atoms with Crippen molar-refractivity contribution in [1.82, 2.24) is 0 Å². The highest BCUT2D eigenvalue weighted by Crippen LogP contribution is 2.23. The van der Waals surface area contributed by atoms with Crippen LogP contribution in [0.5, 0.6) is 5.75 Å². The average Bonchev–Trinajstić information content (AvgIpc) is 2.25. The molecule has 4 heteroatoms. The van der Waals surface area contributed by atoms with E-state index in [1.54, 1.807) is 6.92 Å². The van der Waals surface area contributed by atoms with Crippen molar-refractivity contribution in [3.63, 3.8) is 0 Å². The summed E-state index contributed by atoms with van der Waals surface area (Å²) in [4.78, 5) is 0. The molecule has 0 heterocycles. The Morgan fingerprint density at radius 2 is 2.07 bits per heavy atom. The van der Waals surface area contributed by atoms with Crippen LogP contribution in [-0.4, -0.2) is 18.8 Å². The van der Waals surface area contributed by atoms with Gasteiger partial charge in [0.2, 0.25) is 5.82 Å². The monoisotopic (exact) mass is 214 g/mol. The zero-order chi connectivity index (χ0) is 11.4. The van der Waals surface area contributed by atoms with Crippen LogP contribution in [0, 0.1) is 11.6 Å². The first kappa shape index (κ1) is 11.7. The molecule has 82 valence electrons. The zero-order valence-electron chi connectivity index (χ0n) is 8.55. The van der Waals surface area contributed by atoms with Crippen molar-refractivity contribution < 1.29 is 18.6 Å². The molecule has 0 aliphatic heterocycles. The Bertz CT molecular complexity index is 386. The SMILES string of the molecule is COc1ccc(C=C(C)CO)c(F)c1F. The molecular weight excluding hydrogens is 202 g/mol. The fourth-order valence-electron chi connectivity index (χ4n) is 1.13. The van der Waals surface area contributed by atoms with Gasteiger partial charge >= 0.3 is 0 Å². The summed E-state index contributed by atoms with van der Waals surface area (Å²) in [5.74, 6) is -2.12. The van der Waals surface area contributed by atoms with E-state index in [0.29, 0.717) is 5.57 Å². The fourth-order valence-corrected chi connectivity index (χ4v) is 1.13. The van der Waals surface area contributed by atoms with Crippen LogP contribution in [0.15, 0.2) is 17.7 Å². The molecule has 2 nitrogen and oxygen atoms in total. The van der Waals surface area contributed by atoms with E-state index in [9.17, 15) is 8.78 Å². The van der Waals surface area contributed by atoms with Gasteiger partial charge in [-0.3, -0.25) is 0 Å². The van der Waals surface area contributed by atoms with Crippen LogP contribution in [0.2, 0.25) is 0 Å². The van der Waals surface area contributed by atoms with Crippen molar-refractivity contribution in [2.45, 2.75) is 6.92 Å². The lowest BCUT2D eigenvalue weighted by molar-refractivity contribution is 0.332. The Kier molecular flexibility index (Phi) is 3.80. The molecule has 1 aromatic rings. The first-order valence-electron chi connectivity index (χ1n) is 4.40. The standard InChI is InChI=1S/C11H12F2O2/c1-7(6-14)5-8-3-4-9(15-2)11(13)10(8)12/h3-5,14H,6H2,1-2H3. The quantitative estimate of drug-likeness (QED) is 0.837. The maximum atomic E-state index is 13.4. The molecular formula is C11H12F2O2. The van der Waals surface area contributed by atoms with Gasteiger partial charge in [0.25, 0.3) is 0 Å². The van der Waals surface area contributed by atoms with Crippen molar-refractivity contribution in [1.29, 1.82) is 0 Å². The fraction of sp³-hybridized carbons (Fsp3) is 0.273. The Balaban J connectivity index is 3.18. The van der Waals surface area contributed by atoms with E-state index in [1.165, 1.54) is 25.3 Å². The van der Waals surface area contributed by atoms with Gasteiger partial charge in [-0.1, -0.05) is 6.08 Å². The van der Waals surface area contributed by atoms with E-state index >= 15 is 0 Å². The van der Waals surface area contributed by atoms with Crippen LogP contribution in [0.1, 0.15) is 12.5 Å². The van der Waals surface area contributed by atoms with E-state index in [4.69, 9.17) is 5.11 Å². The van der Waals surface area contributed by atoms with E-state index < -0.39 is 11.6 Å². The summed E-state index contributed by atoms with van der Waals surface area (Å²) in [6.07, 6.45) is 1.39. The van der Waals surface area contributed by atoms with Gasteiger partial charge < -0.3 is 9.84 Å². The number of aliphatic hydroxyl groups excluding tert-OH is 1. The number of rotatable bonds is 3. The number of hydrogen-bond donors (Lipinski definition) is 1. The molecule has 0 radical (unpaired) electrons. The van der Waals surface area contributed by atoms with Gasteiger partial charge in [0.1, 0.15) is 0 Å². The van der Waals surface area contributed by atoms with Crippen LogP contribution in [0.25, 0.3) is 6.08 Å². The molecule has 0 fully saturated rings. The highest BCUT2D eigenvalue weighted by atomic mass is 19.2. The maximum Gasteiger partial charge on any atom is 0.201 e. The van der Waals surface area contributed by atoms with Crippen molar-refractivity contribution in [3.8, 4) is 5.75 Å². The highest BCUT2D eigenvalue weighted by molar-refractivity contribution is 5.54. The Labute approximate surface area is 86.8 Å². The Morgan fingerprint density at radius 3 is 2.60 bits per heavy atom. The third-order valence-electron chi connectivity index (χ3n) is 1.95.